The molecule has 0 heterocycles. The number of rotatable bonds is 8. The Labute approximate surface area is 144 Å². The molecule has 0 saturated carbocycles. The van der Waals surface area contributed by atoms with Gasteiger partial charge in [-0.25, -0.2) is 0 Å². The minimum absolute atomic E-state index is 0.0107. The summed E-state index contributed by atoms with van der Waals surface area (Å²) in [5.41, 5.74) is 7.24. The van der Waals surface area contributed by atoms with Crippen LogP contribution in [0.2, 0.25) is 0 Å². The van der Waals surface area contributed by atoms with Crippen molar-refractivity contribution < 1.29 is 23.0 Å². The van der Waals surface area contributed by atoms with Gasteiger partial charge in [0.2, 0.25) is 5.91 Å². The maximum atomic E-state index is 12.5. The number of halogens is 2. The van der Waals surface area contributed by atoms with Crippen LogP contribution in [0.3, 0.4) is 0 Å². The van der Waals surface area contributed by atoms with Gasteiger partial charge in [-0.1, -0.05) is 30.3 Å². The highest BCUT2D eigenvalue weighted by atomic mass is 19.3. The molecule has 1 atom stereocenters. The van der Waals surface area contributed by atoms with Gasteiger partial charge in [0.05, 0.1) is 7.11 Å². The molecule has 2 aromatic carbocycles. The van der Waals surface area contributed by atoms with Gasteiger partial charge in [-0.05, 0) is 23.8 Å². The molecule has 0 aliphatic carbocycles. The number of alkyl halides is 2. The zero-order valence-corrected chi connectivity index (χ0v) is 13.7. The number of benzene rings is 2. The van der Waals surface area contributed by atoms with Crippen LogP contribution in [0.5, 0.6) is 11.5 Å². The van der Waals surface area contributed by atoms with E-state index in [2.05, 4.69) is 10.1 Å². The average Bonchev–Trinajstić information content (AvgIpc) is 2.61. The Morgan fingerprint density at radius 2 is 1.92 bits per heavy atom. The van der Waals surface area contributed by atoms with Crippen molar-refractivity contribution in [3.8, 4) is 11.5 Å². The van der Waals surface area contributed by atoms with Crippen molar-refractivity contribution in [2.24, 2.45) is 5.73 Å². The van der Waals surface area contributed by atoms with E-state index in [-0.39, 0.29) is 24.6 Å². The molecule has 0 radical (unpaired) electrons. The van der Waals surface area contributed by atoms with Gasteiger partial charge in [0, 0.05) is 24.6 Å². The summed E-state index contributed by atoms with van der Waals surface area (Å²) < 4.78 is 34.5. The van der Waals surface area contributed by atoms with Gasteiger partial charge in [0.25, 0.3) is 0 Å². The first kappa shape index (κ1) is 18.7. The number of carbonyl (C=O) groups is 1. The van der Waals surface area contributed by atoms with Crippen LogP contribution in [-0.4, -0.2) is 19.6 Å². The molecule has 0 saturated heterocycles. The fourth-order valence-electron chi connectivity index (χ4n) is 2.32. The minimum Gasteiger partial charge on any atom is -0.497 e. The molecular weight excluding hydrogens is 330 g/mol. The van der Waals surface area contributed by atoms with Crippen LogP contribution >= 0.6 is 0 Å². The number of carbonyl (C=O) groups excluding carboxylic acids is 1. The molecule has 7 heteroatoms. The molecule has 0 aliphatic heterocycles. The molecule has 5 nitrogen and oxygen atoms in total. The van der Waals surface area contributed by atoms with Crippen molar-refractivity contribution in [3.05, 3.63) is 59.7 Å². The van der Waals surface area contributed by atoms with Crippen LogP contribution in [0.25, 0.3) is 0 Å². The predicted octanol–water partition coefficient (Wildman–Crippen LogP) is 3.00. The molecular formula is C18H20F2N2O3. The maximum Gasteiger partial charge on any atom is 0.387 e. The summed E-state index contributed by atoms with van der Waals surface area (Å²) in [7, 11) is 1.46. The van der Waals surface area contributed by atoms with E-state index >= 15 is 0 Å². The summed E-state index contributed by atoms with van der Waals surface area (Å²) >= 11 is 0. The van der Waals surface area contributed by atoms with E-state index in [0.29, 0.717) is 11.3 Å². The fraction of sp³-hybridized carbons (Fsp3) is 0.278. The summed E-state index contributed by atoms with van der Waals surface area (Å²) in [6.07, 6.45) is 0.0824. The largest absolute Gasteiger partial charge is 0.497 e. The number of ether oxygens (including phenoxy) is 2. The molecule has 1 unspecified atom stereocenters. The standard InChI is InChI=1S/C18H20F2N2O3/c1-24-14-7-8-16(25-18(19)20)13(9-14)11-22-17(23)10-15(21)12-5-3-2-4-6-12/h2-9,15,18H,10-11,21H2,1H3,(H,22,23). The van der Waals surface area contributed by atoms with E-state index < -0.39 is 12.7 Å². The predicted molar refractivity (Wildman–Crippen MR) is 89.5 cm³/mol. The molecule has 0 aliphatic rings. The summed E-state index contributed by atoms with van der Waals surface area (Å²) in [5.74, 6) is 0.178. The third kappa shape index (κ3) is 5.72. The summed E-state index contributed by atoms with van der Waals surface area (Å²) in [6, 6.07) is 13.2. The van der Waals surface area contributed by atoms with E-state index in [9.17, 15) is 13.6 Å². The van der Waals surface area contributed by atoms with Gasteiger partial charge in [-0.15, -0.1) is 0 Å². The van der Waals surface area contributed by atoms with Crippen LogP contribution in [0, 0.1) is 0 Å². The van der Waals surface area contributed by atoms with Gasteiger partial charge < -0.3 is 20.5 Å². The highest BCUT2D eigenvalue weighted by Crippen LogP contribution is 2.25. The quantitative estimate of drug-likeness (QED) is 0.768. The molecule has 0 aromatic heterocycles. The lowest BCUT2D eigenvalue weighted by Gasteiger charge is -2.15. The number of amides is 1. The Bertz CT molecular complexity index is 696. The van der Waals surface area contributed by atoms with Crippen LogP contribution in [0.1, 0.15) is 23.6 Å². The van der Waals surface area contributed by atoms with Gasteiger partial charge >= 0.3 is 6.61 Å². The summed E-state index contributed by atoms with van der Waals surface area (Å²) in [6.45, 7) is -2.92. The normalized spacial score (nSPS) is 11.9. The van der Waals surface area contributed by atoms with E-state index in [1.807, 2.05) is 30.3 Å². The second-order valence-corrected chi connectivity index (χ2v) is 5.35. The minimum atomic E-state index is -2.95. The van der Waals surface area contributed by atoms with Gasteiger partial charge in [0.15, 0.2) is 0 Å². The molecule has 2 aromatic rings. The molecule has 3 N–H and O–H groups in total. The van der Waals surface area contributed by atoms with Gasteiger partial charge in [-0.3, -0.25) is 4.79 Å². The molecule has 1 amide bonds. The molecule has 134 valence electrons. The maximum absolute atomic E-state index is 12.5. The number of nitrogens with one attached hydrogen (secondary N) is 1. The summed E-state index contributed by atoms with van der Waals surface area (Å²) in [5, 5.41) is 2.67. The van der Waals surface area contributed by atoms with E-state index in [1.165, 1.54) is 25.3 Å². The zero-order valence-electron chi connectivity index (χ0n) is 13.7. The SMILES string of the molecule is COc1ccc(OC(F)F)c(CNC(=O)CC(N)c2ccccc2)c1. The van der Waals surface area contributed by atoms with E-state index in [0.717, 1.165) is 5.56 Å². The number of hydrogen-bond donors (Lipinski definition) is 2. The fourth-order valence-corrected chi connectivity index (χ4v) is 2.32. The second kappa shape index (κ2) is 8.98. The lowest BCUT2D eigenvalue weighted by Crippen LogP contribution is -2.27. The Morgan fingerprint density at radius 1 is 1.20 bits per heavy atom. The van der Waals surface area contributed by atoms with Crippen molar-refractivity contribution >= 4 is 5.91 Å². The van der Waals surface area contributed by atoms with Crippen LogP contribution < -0.4 is 20.5 Å². The number of methoxy groups -OCH3 is 1. The van der Waals surface area contributed by atoms with Crippen LogP contribution in [-0.2, 0) is 11.3 Å². The van der Waals surface area contributed by atoms with Crippen LogP contribution in [0.4, 0.5) is 8.78 Å². The third-order valence-corrected chi connectivity index (χ3v) is 3.59. The Hall–Kier alpha value is -2.67. The summed E-state index contributed by atoms with van der Waals surface area (Å²) in [4.78, 5) is 12.1. The van der Waals surface area contributed by atoms with Crippen molar-refractivity contribution in [2.45, 2.75) is 25.6 Å². The third-order valence-electron chi connectivity index (χ3n) is 3.59. The molecule has 0 bridgehead atoms. The second-order valence-electron chi connectivity index (χ2n) is 5.35. The highest BCUT2D eigenvalue weighted by Gasteiger charge is 2.14. The van der Waals surface area contributed by atoms with Crippen LogP contribution in [0.15, 0.2) is 48.5 Å². The number of nitrogens with two attached hydrogens (primary N) is 1. The Morgan fingerprint density at radius 3 is 2.56 bits per heavy atom. The first-order valence-electron chi connectivity index (χ1n) is 7.68. The first-order valence-corrected chi connectivity index (χ1v) is 7.68. The topological polar surface area (TPSA) is 73.6 Å². The van der Waals surface area contributed by atoms with E-state index in [4.69, 9.17) is 10.5 Å². The lowest BCUT2D eigenvalue weighted by molar-refractivity contribution is -0.121. The Balaban J connectivity index is 1.98. The lowest BCUT2D eigenvalue weighted by atomic mass is 10.0. The number of hydrogen-bond acceptors (Lipinski definition) is 4. The first-order chi connectivity index (χ1) is 12.0. The zero-order chi connectivity index (χ0) is 18.2. The van der Waals surface area contributed by atoms with Crippen molar-refractivity contribution in [1.82, 2.24) is 5.32 Å². The molecule has 0 fully saturated rings. The highest BCUT2D eigenvalue weighted by molar-refractivity contribution is 5.76. The van der Waals surface area contributed by atoms with Crippen molar-refractivity contribution in [2.75, 3.05) is 7.11 Å². The smallest absolute Gasteiger partial charge is 0.387 e. The van der Waals surface area contributed by atoms with E-state index in [1.54, 1.807) is 0 Å². The van der Waals surface area contributed by atoms with Crippen molar-refractivity contribution in [3.63, 3.8) is 0 Å². The van der Waals surface area contributed by atoms with Gasteiger partial charge in [0.1, 0.15) is 11.5 Å². The van der Waals surface area contributed by atoms with Gasteiger partial charge in [-0.2, -0.15) is 8.78 Å². The molecule has 2 rings (SSSR count). The van der Waals surface area contributed by atoms with Crippen molar-refractivity contribution in [1.29, 1.82) is 0 Å². The molecule has 25 heavy (non-hydrogen) atoms. The average molecular weight is 350 g/mol. The molecule has 0 spiro atoms. The monoisotopic (exact) mass is 350 g/mol. The Kier molecular flexibility index (Phi) is 6.71.